The van der Waals surface area contributed by atoms with Gasteiger partial charge in [0.2, 0.25) is 5.91 Å². The van der Waals surface area contributed by atoms with E-state index in [-0.39, 0.29) is 24.8 Å². The number of fused-ring (bicyclic) bond motifs is 1. The Morgan fingerprint density at radius 2 is 1.90 bits per heavy atom. The molecule has 1 N–H and O–H groups in total. The first-order chi connectivity index (χ1) is 14.6. The molecule has 2 heterocycles. The number of thiazole rings is 1. The van der Waals surface area contributed by atoms with Crippen LogP contribution in [0.15, 0.2) is 54.6 Å². The average Bonchev–Trinajstić information content (AvgIpc) is 3.16. The minimum atomic E-state index is -0.176. The van der Waals surface area contributed by atoms with Crippen LogP contribution in [-0.4, -0.2) is 34.8 Å². The highest BCUT2D eigenvalue weighted by molar-refractivity contribution is 7.15. The molecule has 0 unspecified atom stereocenters. The van der Waals surface area contributed by atoms with Gasteiger partial charge in [-0.1, -0.05) is 53.3 Å². The molecule has 2 aromatic carbocycles. The van der Waals surface area contributed by atoms with Gasteiger partial charge >= 0.3 is 0 Å². The summed E-state index contributed by atoms with van der Waals surface area (Å²) in [5, 5.41) is 3.89. The predicted octanol–water partition coefficient (Wildman–Crippen LogP) is 4.40. The van der Waals surface area contributed by atoms with Crippen LogP contribution in [0.4, 0.5) is 5.13 Å². The number of hydrogen-bond acceptors (Lipinski definition) is 5. The zero-order chi connectivity index (χ0) is 20.9. The number of carbonyl (C=O) groups excluding carboxylic acids is 2. The third-order valence-corrected chi connectivity index (χ3v) is 6.02. The first-order valence-corrected chi connectivity index (χ1v) is 10.8. The molecule has 1 aromatic heterocycles. The second-order valence-corrected chi connectivity index (χ2v) is 8.30. The van der Waals surface area contributed by atoms with Crippen molar-refractivity contribution in [3.05, 3.63) is 75.8 Å². The Labute approximate surface area is 183 Å². The Morgan fingerprint density at radius 1 is 1.13 bits per heavy atom. The summed E-state index contributed by atoms with van der Waals surface area (Å²) in [6, 6.07) is 16.4. The zero-order valence-electron chi connectivity index (χ0n) is 16.1. The summed E-state index contributed by atoms with van der Waals surface area (Å²) in [6.45, 7) is 1.34. The maximum atomic E-state index is 12.7. The third-order valence-electron chi connectivity index (χ3n) is 4.71. The lowest BCUT2D eigenvalue weighted by Gasteiger charge is -2.26. The fraction of sp³-hybridized carbons (Fsp3) is 0.227. The highest BCUT2D eigenvalue weighted by Gasteiger charge is 2.25. The number of hydrogen-bond donors (Lipinski definition) is 1. The second-order valence-electron chi connectivity index (χ2n) is 6.81. The average molecular weight is 442 g/mol. The van der Waals surface area contributed by atoms with Crippen LogP contribution in [0, 0.1) is 0 Å². The first-order valence-electron chi connectivity index (χ1n) is 9.60. The van der Waals surface area contributed by atoms with Crippen molar-refractivity contribution in [2.75, 3.05) is 18.5 Å². The maximum absolute atomic E-state index is 12.7. The zero-order valence-corrected chi connectivity index (χ0v) is 17.7. The van der Waals surface area contributed by atoms with Crippen molar-refractivity contribution in [3.8, 4) is 5.75 Å². The van der Waals surface area contributed by atoms with E-state index in [0.717, 1.165) is 10.6 Å². The van der Waals surface area contributed by atoms with Crippen LogP contribution in [0.3, 0.4) is 0 Å². The van der Waals surface area contributed by atoms with Crippen molar-refractivity contribution in [3.63, 3.8) is 0 Å². The number of para-hydroxylation sites is 1. The number of aromatic nitrogens is 1. The SMILES string of the molecule is O=C(CCOc1ccccc1Cl)Nc1nc2c(s1)CN(C(=O)c1ccccc1)CC2. The largest absolute Gasteiger partial charge is 0.491 e. The van der Waals surface area contributed by atoms with E-state index in [0.29, 0.717) is 41.0 Å². The van der Waals surface area contributed by atoms with Gasteiger partial charge in [0.05, 0.1) is 30.3 Å². The van der Waals surface area contributed by atoms with Crippen molar-refractivity contribution >= 4 is 39.9 Å². The van der Waals surface area contributed by atoms with Crippen LogP contribution in [-0.2, 0) is 17.8 Å². The molecule has 0 spiro atoms. The molecule has 154 valence electrons. The minimum absolute atomic E-state index is 0.0111. The van der Waals surface area contributed by atoms with Crippen LogP contribution in [0.5, 0.6) is 5.75 Å². The van der Waals surface area contributed by atoms with Crippen LogP contribution < -0.4 is 10.1 Å². The number of rotatable bonds is 6. The molecular weight excluding hydrogens is 422 g/mol. The Bertz CT molecular complexity index is 1050. The Balaban J connectivity index is 1.31. The number of amides is 2. The van der Waals surface area contributed by atoms with E-state index in [1.807, 2.05) is 47.4 Å². The summed E-state index contributed by atoms with van der Waals surface area (Å²) in [5.74, 6) is 0.391. The summed E-state index contributed by atoms with van der Waals surface area (Å²) in [6.07, 6.45) is 0.865. The molecule has 0 radical (unpaired) electrons. The number of nitrogens with zero attached hydrogens (tertiary/aromatic N) is 2. The van der Waals surface area contributed by atoms with Crippen molar-refractivity contribution in [1.82, 2.24) is 9.88 Å². The molecule has 8 heteroatoms. The van der Waals surface area contributed by atoms with Crippen LogP contribution in [0.1, 0.15) is 27.3 Å². The number of halogens is 1. The molecule has 0 saturated carbocycles. The van der Waals surface area contributed by atoms with E-state index < -0.39 is 0 Å². The molecule has 0 fully saturated rings. The van der Waals surface area contributed by atoms with E-state index in [2.05, 4.69) is 10.3 Å². The van der Waals surface area contributed by atoms with E-state index in [1.165, 1.54) is 11.3 Å². The highest BCUT2D eigenvalue weighted by atomic mass is 35.5. The van der Waals surface area contributed by atoms with Gasteiger partial charge in [-0.05, 0) is 24.3 Å². The minimum Gasteiger partial charge on any atom is -0.491 e. The Morgan fingerprint density at radius 3 is 2.70 bits per heavy atom. The quantitative estimate of drug-likeness (QED) is 0.615. The van der Waals surface area contributed by atoms with Crippen molar-refractivity contribution in [2.24, 2.45) is 0 Å². The lowest BCUT2D eigenvalue weighted by atomic mass is 10.1. The summed E-state index contributed by atoms with van der Waals surface area (Å²) in [4.78, 5) is 32.3. The van der Waals surface area contributed by atoms with Crippen LogP contribution in [0.2, 0.25) is 5.02 Å². The Hall–Kier alpha value is -2.90. The van der Waals surface area contributed by atoms with Gasteiger partial charge in [-0.25, -0.2) is 4.98 Å². The number of benzene rings is 2. The molecule has 3 aromatic rings. The molecule has 2 amide bonds. The molecule has 1 aliphatic heterocycles. The second kappa shape index (κ2) is 9.28. The van der Waals surface area contributed by atoms with Gasteiger partial charge in [0, 0.05) is 23.4 Å². The summed E-state index contributed by atoms with van der Waals surface area (Å²) in [7, 11) is 0. The van der Waals surface area contributed by atoms with Gasteiger partial charge in [-0.15, -0.1) is 0 Å². The first kappa shape index (κ1) is 20.4. The highest BCUT2D eigenvalue weighted by Crippen LogP contribution is 2.29. The normalized spacial score (nSPS) is 12.9. The van der Waals surface area contributed by atoms with E-state index in [1.54, 1.807) is 12.1 Å². The monoisotopic (exact) mass is 441 g/mol. The van der Waals surface area contributed by atoms with Crippen molar-refractivity contribution < 1.29 is 14.3 Å². The topological polar surface area (TPSA) is 71.5 Å². The fourth-order valence-corrected chi connectivity index (χ4v) is 4.41. The van der Waals surface area contributed by atoms with Crippen LogP contribution >= 0.6 is 22.9 Å². The van der Waals surface area contributed by atoms with E-state index in [4.69, 9.17) is 16.3 Å². The van der Waals surface area contributed by atoms with Gasteiger partial charge in [0.25, 0.3) is 5.91 Å². The standard InChI is InChI=1S/C22H20ClN3O3S/c23-16-8-4-5-9-18(16)29-13-11-20(27)25-22-24-17-10-12-26(14-19(17)30-22)21(28)15-6-2-1-3-7-15/h1-9H,10-14H2,(H,24,25,27). The molecule has 0 bridgehead atoms. The number of carbonyl (C=O) groups is 2. The van der Waals surface area contributed by atoms with Gasteiger partial charge < -0.3 is 15.0 Å². The number of ether oxygens (including phenoxy) is 1. The molecule has 6 nitrogen and oxygen atoms in total. The summed E-state index contributed by atoms with van der Waals surface area (Å²) >= 11 is 7.45. The van der Waals surface area contributed by atoms with Gasteiger partial charge in [0.15, 0.2) is 5.13 Å². The van der Waals surface area contributed by atoms with E-state index in [9.17, 15) is 9.59 Å². The third kappa shape index (κ3) is 4.80. The van der Waals surface area contributed by atoms with Crippen LogP contribution in [0.25, 0.3) is 0 Å². The molecule has 0 saturated heterocycles. The lowest BCUT2D eigenvalue weighted by molar-refractivity contribution is -0.116. The summed E-state index contributed by atoms with van der Waals surface area (Å²) < 4.78 is 5.55. The van der Waals surface area contributed by atoms with Gasteiger partial charge in [0.1, 0.15) is 5.75 Å². The maximum Gasteiger partial charge on any atom is 0.254 e. The Kier molecular flexibility index (Phi) is 6.30. The fourth-order valence-electron chi connectivity index (χ4n) is 3.18. The lowest BCUT2D eigenvalue weighted by Crippen LogP contribution is -2.35. The van der Waals surface area contributed by atoms with Gasteiger partial charge in [-0.3, -0.25) is 9.59 Å². The van der Waals surface area contributed by atoms with E-state index >= 15 is 0 Å². The predicted molar refractivity (Wildman–Crippen MR) is 117 cm³/mol. The molecular formula is C22H20ClN3O3S. The summed E-state index contributed by atoms with van der Waals surface area (Å²) in [5.41, 5.74) is 1.62. The molecule has 30 heavy (non-hydrogen) atoms. The smallest absolute Gasteiger partial charge is 0.254 e. The molecule has 0 aliphatic carbocycles. The number of anilines is 1. The van der Waals surface area contributed by atoms with Crippen molar-refractivity contribution in [1.29, 1.82) is 0 Å². The molecule has 1 aliphatic rings. The van der Waals surface area contributed by atoms with Gasteiger partial charge in [-0.2, -0.15) is 0 Å². The molecule has 0 atom stereocenters. The number of nitrogens with one attached hydrogen (secondary N) is 1. The molecule has 4 rings (SSSR count). The van der Waals surface area contributed by atoms with Crippen molar-refractivity contribution in [2.45, 2.75) is 19.4 Å².